The van der Waals surface area contributed by atoms with Crippen molar-refractivity contribution >= 4 is 12.5 Å². The molecule has 0 aliphatic rings. The molecule has 0 N–H and O–H groups in total. The summed E-state index contributed by atoms with van der Waals surface area (Å²) < 4.78 is 0. The van der Waals surface area contributed by atoms with Gasteiger partial charge in [0.05, 0.1) is 5.69 Å². The van der Waals surface area contributed by atoms with Crippen molar-refractivity contribution in [1.29, 1.82) is 0 Å². The van der Waals surface area contributed by atoms with Gasteiger partial charge in [0.2, 0.25) is 0 Å². The van der Waals surface area contributed by atoms with Crippen LogP contribution >= 0.6 is 0 Å². The molecule has 0 saturated carbocycles. The first-order valence-corrected chi connectivity index (χ1v) is 4.71. The largest absolute Gasteiger partial charge is 0.296 e. The molecule has 0 fully saturated rings. The maximum atomic E-state index is 10.4. The lowest BCUT2D eigenvalue weighted by molar-refractivity contribution is 0.111. The van der Waals surface area contributed by atoms with Crippen molar-refractivity contribution in [2.45, 2.75) is 26.3 Å². The summed E-state index contributed by atoms with van der Waals surface area (Å²) >= 11 is 0. The van der Waals surface area contributed by atoms with Gasteiger partial charge in [-0.3, -0.25) is 9.79 Å². The molecule has 1 aromatic rings. The fourth-order valence-corrected chi connectivity index (χ4v) is 0.915. The van der Waals surface area contributed by atoms with Gasteiger partial charge in [-0.25, -0.2) is 4.98 Å². The van der Waals surface area contributed by atoms with Crippen LogP contribution in [0.4, 0.5) is 0 Å². The minimum atomic E-state index is 0.302. The predicted molar refractivity (Wildman–Crippen MR) is 57.0 cm³/mol. The Kier molecular flexibility index (Phi) is 3.98. The summed E-state index contributed by atoms with van der Waals surface area (Å²) in [5.41, 5.74) is 1.17. The Labute approximate surface area is 83.9 Å². The van der Waals surface area contributed by atoms with Crippen LogP contribution in [0.3, 0.4) is 0 Å². The average molecular weight is 190 g/mol. The maximum Gasteiger partial charge on any atom is 0.168 e. The van der Waals surface area contributed by atoms with Crippen LogP contribution in [0, 0.1) is 0 Å². The van der Waals surface area contributed by atoms with Gasteiger partial charge < -0.3 is 0 Å². The number of rotatable bonds is 4. The topological polar surface area (TPSA) is 42.3 Å². The maximum absolute atomic E-state index is 10.4. The number of hydrogen-bond donors (Lipinski definition) is 0. The van der Waals surface area contributed by atoms with Crippen molar-refractivity contribution in [2.24, 2.45) is 4.99 Å². The Hall–Kier alpha value is -1.51. The van der Waals surface area contributed by atoms with Crippen molar-refractivity contribution in [2.75, 3.05) is 0 Å². The normalized spacial score (nSPS) is 13.0. The van der Waals surface area contributed by atoms with Crippen LogP contribution in [0.25, 0.3) is 0 Å². The van der Waals surface area contributed by atoms with Crippen LogP contribution in [-0.2, 0) is 0 Å². The van der Waals surface area contributed by atoms with E-state index in [1.165, 1.54) is 0 Å². The van der Waals surface area contributed by atoms with E-state index in [0.717, 1.165) is 18.4 Å². The van der Waals surface area contributed by atoms with E-state index < -0.39 is 0 Å². The van der Waals surface area contributed by atoms with Crippen LogP contribution in [-0.4, -0.2) is 23.5 Å². The molecule has 0 aromatic carbocycles. The molecular weight excluding hydrogens is 176 g/mol. The minimum Gasteiger partial charge on any atom is -0.296 e. The summed E-state index contributed by atoms with van der Waals surface area (Å²) in [7, 11) is 0. The van der Waals surface area contributed by atoms with Crippen LogP contribution in [0.15, 0.2) is 23.2 Å². The Morgan fingerprint density at radius 1 is 1.50 bits per heavy atom. The SMILES string of the molecule is CCC(C)/N=C/c1cccc(C=O)n1. The second-order valence-electron chi connectivity index (χ2n) is 3.14. The van der Waals surface area contributed by atoms with E-state index in [1.54, 1.807) is 18.3 Å². The molecule has 0 saturated heterocycles. The first-order valence-electron chi connectivity index (χ1n) is 4.71. The Balaban J connectivity index is 2.76. The summed E-state index contributed by atoms with van der Waals surface area (Å²) in [5.74, 6) is 0. The second kappa shape index (κ2) is 5.27. The van der Waals surface area contributed by atoms with Crippen LogP contribution in [0.5, 0.6) is 0 Å². The van der Waals surface area contributed by atoms with Gasteiger partial charge in [-0.05, 0) is 25.5 Å². The van der Waals surface area contributed by atoms with E-state index in [1.807, 2.05) is 13.0 Å². The molecule has 1 rings (SSSR count). The minimum absolute atomic E-state index is 0.302. The molecule has 1 aromatic heterocycles. The van der Waals surface area contributed by atoms with Gasteiger partial charge in [-0.15, -0.1) is 0 Å². The molecule has 0 aliphatic heterocycles. The third-order valence-electron chi connectivity index (χ3n) is 1.97. The second-order valence-corrected chi connectivity index (χ2v) is 3.14. The van der Waals surface area contributed by atoms with E-state index >= 15 is 0 Å². The Bertz CT molecular complexity index is 334. The van der Waals surface area contributed by atoms with Crippen molar-refractivity contribution in [1.82, 2.24) is 4.98 Å². The molecule has 0 radical (unpaired) electrons. The fourth-order valence-electron chi connectivity index (χ4n) is 0.915. The highest BCUT2D eigenvalue weighted by atomic mass is 16.1. The highest BCUT2D eigenvalue weighted by molar-refractivity contribution is 5.79. The molecule has 0 amide bonds. The first kappa shape index (κ1) is 10.6. The molecular formula is C11H14N2O. The number of carbonyl (C=O) groups excluding carboxylic acids is 1. The Morgan fingerprint density at radius 2 is 2.21 bits per heavy atom. The van der Waals surface area contributed by atoms with E-state index in [9.17, 15) is 4.79 Å². The van der Waals surface area contributed by atoms with Crippen molar-refractivity contribution in [3.8, 4) is 0 Å². The molecule has 1 atom stereocenters. The summed E-state index contributed by atoms with van der Waals surface area (Å²) in [6.07, 6.45) is 3.45. The van der Waals surface area contributed by atoms with Gasteiger partial charge in [0.15, 0.2) is 6.29 Å². The summed E-state index contributed by atoms with van der Waals surface area (Å²) in [4.78, 5) is 18.8. The summed E-state index contributed by atoms with van der Waals surface area (Å²) in [5, 5.41) is 0. The molecule has 3 heteroatoms. The van der Waals surface area contributed by atoms with Crippen molar-refractivity contribution < 1.29 is 4.79 Å². The van der Waals surface area contributed by atoms with Crippen molar-refractivity contribution in [3.05, 3.63) is 29.6 Å². The zero-order valence-electron chi connectivity index (χ0n) is 8.47. The molecule has 1 unspecified atom stereocenters. The zero-order valence-corrected chi connectivity index (χ0v) is 8.47. The third kappa shape index (κ3) is 3.09. The van der Waals surface area contributed by atoms with E-state index in [2.05, 4.69) is 16.9 Å². The molecule has 3 nitrogen and oxygen atoms in total. The number of pyridine rings is 1. The van der Waals surface area contributed by atoms with E-state index in [4.69, 9.17) is 0 Å². The predicted octanol–water partition coefficient (Wildman–Crippen LogP) is 2.11. The van der Waals surface area contributed by atoms with Gasteiger partial charge in [0, 0.05) is 12.3 Å². The lowest BCUT2D eigenvalue weighted by atomic mass is 10.3. The highest BCUT2D eigenvalue weighted by Gasteiger charge is 1.95. The average Bonchev–Trinajstić information content (AvgIpc) is 2.26. The number of aliphatic imine (C=N–C) groups is 1. The summed E-state index contributed by atoms with van der Waals surface area (Å²) in [6.45, 7) is 4.12. The zero-order chi connectivity index (χ0) is 10.4. The lowest BCUT2D eigenvalue weighted by Crippen LogP contribution is -1.98. The molecule has 74 valence electrons. The van der Waals surface area contributed by atoms with Gasteiger partial charge in [0.1, 0.15) is 5.69 Å². The monoisotopic (exact) mass is 190 g/mol. The van der Waals surface area contributed by atoms with E-state index in [-0.39, 0.29) is 0 Å². The third-order valence-corrected chi connectivity index (χ3v) is 1.97. The van der Waals surface area contributed by atoms with E-state index in [0.29, 0.717) is 11.7 Å². The number of hydrogen-bond acceptors (Lipinski definition) is 3. The number of carbonyl (C=O) groups is 1. The standard InChI is InChI=1S/C11H14N2O/c1-3-9(2)12-7-10-5-4-6-11(8-14)13-10/h4-9H,3H2,1-2H3/b12-7+. The van der Waals surface area contributed by atoms with Gasteiger partial charge in [-0.2, -0.15) is 0 Å². The number of aromatic nitrogens is 1. The Morgan fingerprint density at radius 3 is 2.86 bits per heavy atom. The quantitative estimate of drug-likeness (QED) is 0.539. The number of nitrogens with zero attached hydrogens (tertiary/aromatic N) is 2. The molecule has 0 bridgehead atoms. The van der Waals surface area contributed by atoms with Gasteiger partial charge in [-0.1, -0.05) is 13.0 Å². The molecule has 0 spiro atoms. The molecule has 0 aliphatic carbocycles. The van der Waals surface area contributed by atoms with Crippen LogP contribution < -0.4 is 0 Å². The molecule has 1 heterocycles. The summed E-state index contributed by atoms with van der Waals surface area (Å²) in [6, 6.07) is 5.61. The van der Waals surface area contributed by atoms with Crippen LogP contribution in [0.2, 0.25) is 0 Å². The smallest absolute Gasteiger partial charge is 0.168 e. The van der Waals surface area contributed by atoms with Crippen LogP contribution in [0.1, 0.15) is 36.5 Å². The van der Waals surface area contributed by atoms with Crippen molar-refractivity contribution in [3.63, 3.8) is 0 Å². The number of aldehydes is 1. The first-order chi connectivity index (χ1) is 6.76. The van der Waals surface area contributed by atoms with Gasteiger partial charge in [0.25, 0.3) is 0 Å². The fraction of sp³-hybridized carbons (Fsp3) is 0.364. The highest BCUT2D eigenvalue weighted by Crippen LogP contribution is 1.98. The molecule has 14 heavy (non-hydrogen) atoms. The lowest BCUT2D eigenvalue weighted by Gasteiger charge is -1.99. The van der Waals surface area contributed by atoms with Gasteiger partial charge >= 0.3 is 0 Å².